The largest absolute Gasteiger partial charge is 0.368 e. The van der Waals surface area contributed by atoms with Crippen LogP contribution in [-0.4, -0.2) is 17.5 Å². The van der Waals surface area contributed by atoms with Gasteiger partial charge in [-0.25, -0.2) is 0 Å². The van der Waals surface area contributed by atoms with E-state index in [-0.39, 0.29) is 12.0 Å². The van der Waals surface area contributed by atoms with Crippen LogP contribution in [-0.2, 0) is 4.74 Å². The second-order valence-electron chi connectivity index (χ2n) is 3.80. The van der Waals surface area contributed by atoms with Gasteiger partial charge in [0.25, 0.3) is 0 Å². The van der Waals surface area contributed by atoms with E-state index in [0.717, 1.165) is 0 Å². The Morgan fingerprint density at radius 2 is 2.00 bits per heavy atom. The minimum Gasteiger partial charge on any atom is -0.368 e. The molecule has 1 rings (SSSR count). The molecule has 0 amide bonds. The van der Waals surface area contributed by atoms with Crippen LogP contribution in [0.3, 0.4) is 0 Å². The molecule has 0 radical (unpaired) electrons. The summed E-state index contributed by atoms with van der Waals surface area (Å²) in [5.74, 6) is 0.963. The van der Waals surface area contributed by atoms with E-state index < -0.39 is 6.29 Å². The summed E-state index contributed by atoms with van der Waals surface area (Å²) in [6.07, 6.45) is 1.42. The lowest BCUT2D eigenvalue weighted by atomic mass is 9.87. The van der Waals surface area contributed by atoms with Gasteiger partial charge in [-0.3, -0.25) is 0 Å². The van der Waals surface area contributed by atoms with Crippen molar-refractivity contribution in [2.24, 2.45) is 17.8 Å². The fourth-order valence-corrected chi connectivity index (χ4v) is 1.70. The Labute approximate surface area is 74.2 Å². The molecule has 1 aliphatic rings. The van der Waals surface area contributed by atoms with Gasteiger partial charge < -0.3 is 9.84 Å². The molecule has 0 aromatic rings. The van der Waals surface area contributed by atoms with Crippen molar-refractivity contribution < 1.29 is 9.84 Å². The van der Waals surface area contributed by atoms with Crippen LogP contribution in [0.15, 0.2) is 12.7 Å². The molecule has 1 heterocycles. The molecule has 0 spiro atoms. The third-order valence-electron chi connectivity index (χ3n) is 2.98. The van der Waals surface area contributed by atoms with Crippen LogP contribution in [0.25, 0.3) is 0 Å². The van der Waals surface area contributed by atoms with Crippen molar-refractivity contribution in [1.29, 1.82) is 0 Å². The van der Waals surface area contributed by atoms with Crippen LogP contribution < -0.4 is 0 Å². The molecule has 2 heteroatoms. The van der Waals surface area contributed by atoms with Crippen LogP contribution in [0.2, 0.25) is 0 Å². The summed E-state index contributed by atoms with van der Waals surface area (Å²) in [4.78, 5) is 0. The fraction of sp³-hybridized carbons (Fsp3) is 0.800. The fourth-order valence-electron chi connectivity index (χ4n) is 1.70. The highest BCUT2D eigenvalue weighted by Gasteiger charge is 2.39. The predicted octanol–water partition coefficient (Wildman–Crippen LogP) is 1.80. The molecule has 0 aliphatic carbocycles. The van der Waals surface area contributed by atoms with Crippen molar-refractivity contribution in [3.63, 3.8) is 0 Å². The Bertz CT molecular complexity index is 167. The number of hydrogen-bond donors (Lipinski definition) is 1. The van der Waals surface area contributed by atoms with E-state index in [1.54, 1.807) is 0 Å². The SMILES string of the molecule is C=C[C@@H](C)[C@H]1OC(O)[C@@H](C)[C@H]1C. The van der Waals surface area contributed by atoms with E-state index in [1.165, 1.54) is 0 Å². The zero-order valence-electron chi connectivity index (χ0n) is 8.03. The number of aliphatic hydroxyl groups excluding tert-OH is 1. The zero-order valence-corrected chi connectivity index (χ0v) is 8.03. The number of aliphatic hydroxyl groups is 1. The first-order valence-corrected chi connectivity index (χ1v) is 4.54. The van der Waals surface area contributed by atoms with E-state index in [0.29, 0.717) is 11.8 Å². The zero-order chi connectivity index (χ0) is 9.30. The molecule has 1 aliphatic heterocycles. The van der Waals surface area contributed by atoms with Crippen LogP contribution >= 0.6 is 0 Å². The highest BCUT2D eigenvalue weighted by Crippen LogP contribution is 2.34. The molecule has 1 N–H and O–H groups in total. The molecule has 12 heavy (non-hydrogen) atoms. The standard InChI is InChI=1S/C10H18O2/c1-5-6(2)9-7(3)8(4)10(11)12-9/h5-11H,1H2,2-4H3/t6-,7-,8+,9-,10?/m1/s1. The first-order valence-electron chi connectivity index (χ1n) is 4.54. The van der Waals surface area contributed by atoms with Gasteiger partial charge >= 0.3 is 0 Å². The molecule has 70 valence electrons. The van der Waals surface area contributed by atoms with Gasteiger partial charge in [-0.15, -0.1) is 6.58 Å². The summed E-state index contributed by atoms with van der Waals surface area (Å²) in [6.45, 7) is 9.93. The third kappa shape index (κ3) is 1.54. The van der Waals surface area contributed by atoms with Gasteiger partial charge in [0, 0.05) is 11.8 Å². The Kier molecular flexibility index (Phi) is 2.91. The summed E-state index contributed by atoms with van der Waals surface area (Å²) in [5.41, 5.74) is 0. The number of hydrogen-bond acceptors (Lipinski definition) is 2. The van der Waals surface area contributed by atoms with Crippen molar-refractivity contribution in [3.05, 3.63) is 12.7 Å². The Morgan fingerprint density at radius 3 is 2.33 bits per heavy atom. The Balaban J connectivity index is 2.63. The van der Waals surface area contributed by atoms with Crippen molar-refractivity contribution >= 4 is 0 Å². The predicted molar refractivity (Wildman–Crippen MR) is 48.6 cm³/mol. The number of rotatable bonds is 2. The van der Waals surface area contributed by atoms with Crippen LogP contribution in [0.5, 0.6) is 0 Å². The van der Waals surface area contributed by atoms with Crippen molar-refractivity contribution in [3.8, 4) is 0 Å². The van der Waals surface area contributed by atoms with E-state index in [2.05, 4.69) is 20.4 Å². The van der Waals surface area contributed by atoms with Crippen molar-refractivity contribution in [2.75, 3.05) is 0 Å². The van der Waals surface area contributed by atoms with E-state index in [1.807, 2.05) is 13.0 Å². The molecule has 1 fully saturated rings. The molecule has 5 atom stereocenters. The maximum Gasteiger partial charge on any atom is 0.157 e. The number of ether oxygens (including phenoxy) is 1. The molecule has 0 bridgehead atoms. The highest BCUT2D eigenvalue weighted by molar-refractivity contribution is 4.90. The van der Waals surface area contributed by atoms with E-state index >= 15 is 0 Å². The maximum absolute atomic E-state index is 9.43. The first-order chi connectivity index (χ1) is 5.57. The Morgan fingerprint density at radius 1 is 1.42 bits per heavy atom. The molecule has 2 nitrogen and oxygen atoms in total. The smallest absolute Gasteiger partial charge is 0.157 e. The lowest BCUT2D eigenvalue weighted by molar-refractivity contribution is -0.113. The summed E-state index contributed by atoms with van der Waals surface area (Å²) < 4.78 is 5.42. The van der Waals surface area contributed by atoms with Gasteiger partial charge in [-0.1, -0.05) is 26.8 Å². The molecular weight excluding hydrogens is 152 g/mol. The first kappa shape index (κ1) is 9.75. The van der Waals surface area contributed by atoms with Crippen molar-refractivity contribution in [2.45, 2.75) is 33.2 Å². The minimum absolute atomic E-state index is 0.132. The highest BCUT2D eigenvalue weighted by atomic mass is 16.6. The monoisotopic (exact) mass is 170 g/mol. The van der Waals surface area contributed by atoms with Crippen LogP contribution in [0, 0.1) is 17.8 Å². The summed E-state index contributed by atoms with van der Waals surface area (Å²) in [6, 6.07) is 0. The lowest BCUT2D eigenvalue weighted by Crippen LogP contribution is -2.22. The van der Waals surface area contributed by atoms with E-state index in [9.17, 15) is 5.11 Å². The van der Waals surface area contributed by atoms with Crippen LogP contribution in [0.1, 0.15) is 20.8 Å². The van der Waals surface area contributed by atoms with Gasteiger partial charge in [0.15, 0.2) is 6.29 Å². The van der Waals surface area contributed by atoms with E-state index in [4.69, 9.17) is 4.74 Å². The molecule has 1 saturated heterocycles. The molecule has 0 saturated carbocycles. The van der Waals surface area contributed by atoms with Gasteiger partial charge in [-0.05, 0) is 5.92 Å². The molecular formula is C10H18O2. The van der Waals surface area contributed by atoms with Crippen LogP contribution in [0.4, 0.5) is 0 Å². The quantitative estimate of drug-likeness (QED) is 0.640. The average molecular weight is 170 g/mol. The summed E-state index contributed by atoms with van der Waals surface area (Å²) in [7, 11) is 0. The second kappa shape index (κ2) is 3.58. The minimum atomic E-state index is -0.590. The third-order valence-corrected chi connectivity index (χ3v) is 2.98. The summed E-state index contributed by atoms with van der Waals surface area (Å²) in [5, 5.41) is 9.43. The van der Waals surface area contributed by atoms with Gasteiger partial charge in [-0.2, -0.15) is 0 Å². The Hall–Kier alpha value is -0.340. The van der Waals surface area contributed by atoms with Gasteiger partial charge in [0.05, 0.1) is 6.10 Å². The lowest BCUT2D eigenvalue weighted by Gasteiger charge is -2.19. The molecule has 1 unspecified atom stereocenters. The topological polar surface area (TPSA) is 29.5 Å². The van der Waals surface area contributed by atoms with Gasteiger partial charge in [0.2, 0.25) is 0 Å². The molecule has 0 aromatic carbocycles. The maximum atomic E-state index is 9.43. The second-order valence-corrected chi connectivity index (χ2v) is 3.80. The normalized spacial score (nSPS) is 44.3. The average Bonchev–Trinajstić information content (AvgIpc) is 2.32. The summed E-state index contributed by atoms with van der Waals surface area (Å²) >= 11 is 0. The molecule has 0 aromatic heterocycles. The van der Waals surface area contributed by atoms with Crippen molar-refractivity contribution in [1.82, 2.24) is 0 Å². The van der Waals surface area contributed by atoms with Gasteiger partial charge in [0.1, 0.15) is 0 Å².